The molecular formula is C22H22N4O. The molecule has 1 saturated heterocycles. The number of carbonyl (C=O) groups excluding carboxylic acids is 1. The van der Waals surface area contributed by atoms with Gasteiger partial charge in [-0.15, -0.1) is 0 Å². The highest BCUT2D eigenvalue weighted by atomic mass is 16.2. The number of hydrogen-bond donors (Lipinski definition) is 2. The van der Waals surface area contributed by atoms with Gasteiger partial charge in [0.25, 0.3) is 5.91 Å². The molecule has 0 aliphatic carbocycles. The van der Waals surface area contributed by atoms with E-state index in [1.54, 1.807) is 0 Å². The van der Waals surface area contributed by atoms with Crippen molar-refractivity contribution in [2.45, 2.75) is 25.4 Å². The van der Waals surface area contributed by atoms with Gasteiger partial charge in [-0.25, -0.2) is 4.98 Å². The van der Waals surface area contributed by atoms with E-state index < -0.39 is 0 Å². The zero-order valence-electron chi connectivity index (χ0n) is 15.1. The molecule has 0 radical (unpaired) electrons. The molecule has 2 aromatic carbocycles. The highest BCUT2D eigenvalue weighted by Gasteiger charge is 2.33. The van der Waals surface area contributed by atoms with E-state index in [0.717, 1.165) is 64.9 Å². The largest absolute Gasteiger partial charge is 0.398 e. The molecule has 3 heterocycles. The Bertz CT molecular complexity index is 1040. The molecule has 3 N–H and O–H groups in total. The van der Waals surface area contributed by atoms with Crippen LogP contribution in [0.4, 0.5) is 5.69 Å². The van der Waals surface area contributed by atoms with Crippen molar-refractivity contribution in [3.63, 3.8) is 0 Å². The van der Waals surface area contributed by atoms with Crippen LogP contribution in [0.2, 0.25) is 0 Å². The average Bonchev–Trinajstić information content (AvgIpc) is 3.05. The Kier molecular flexibility index (Phi) is 3.83. The minimum Gasteiger partial charge on any atom is -0.398 e. The number of piperidine rings is 1. The first kappa shape index (κ1) is 16.3. The molecule has 0 bridgehead atoms. The second-order valence-corrected chi connectivity index (χ2v) is 7.42. The van der Waals surface area contributed by atoms with Crippen molar-refractivity contribution in [1.82, 2.24) is 15.2 Å². The van der Waals surface area contributed by atoms with Crippen LogP contribution >= 0.6 is 0 Å². The van der Waals surface area contributed by atoms with Crippen LogP contribution in [0.25, 0.3) is 22.2 Å². The SMILES string of the molecule is Nc1cc(-c2ccc3c(c2)CN(C2CCCNC2)C3=O)nc2ccccc12. The van der Waals surface area contributed by atoms with Crippen LogP contribution < -0.4 is 11.1 Å². The van der Waals surface area contributed by atoms with E-state index in [9.17, 15) is 4.79 Å². The molecule has 2 aliphatic rings. The van der Waals surface area contributed by atoms with E-state index in [1.165, 1.54) is 0 Å². The van der Waals surface area contributed by atoms with Gasteiger partial charge in [-0.1, -0.05) is 24.3 Å². The minimum absolute atomic E-state index is 0.149. The lowest BCUT2D eigenvalue weighted by molar-refractivity contribution is 0.0674. The molecule has 3 aromatic rings. The number of nitrogens with one attached hydrogen (secondary N) is 1. The number of benzene rings is 2. The molecule has 5 nitrogen and oxygen atoms in total. The Labute approximate surface area is 158 Å². The molecule has 1 fully saturated rings. The van der Waals surface area contributed by atoms with Crippen molar-refractivity contribution < 1.29 is 4.79 Å². The predicted molar refractivity (Wildman–Crippen MR) is 107 cm³/mol. The summed E-state index contributed by atoms with van der Waals surface area (Å²) in [5, 5.41) is 4.37. The Balaban J connectivity index is 1.50. The van der Waals surface area contributed by atoms with Crippen LogP contribution in [0.3, 0.4) is 0 Å². The van der Waals surface area contributed by atoms with E-state index in [4.69, 9.17) is 10.7 Å². The zero-order chi connectivity index (χ0) is 18.4. The van der Waals surface area contributed by atoms with Gasteiger partial charge in [-0.2, -0.15) is 0 Å². The third-order valence-corrected chi connectivity index (χ3v) is 5.69. The summed E-state index contributed by atoms with van der Waals surface area (Å²) in [5.41, 5.74) is 11.6. The molecule has 27 heavy (non-hydrogen) atoms. The number of carbonyl (C=O) groups is 1. The fraction of sp³-hybridized carbons (Fsp3) is 0.273. The van der Waals surface area contributed by atoms with Crippen molar-refractivity contribution in [2.75, 3.05) is 18.8 Å². The number of para-hydroxylation sites is 1. The van der Waals surface area contributed by atoms with Gasteiger partial charge in [0.2, 0.25) is 0 Å². The summed E-state index contributed by atoms with van der Waals surface area (Å²) in [6.07, 6.45) is 2.19. The number of aromatic nitrogens is 1. The Morgan fingerprint density at radius 1 is 1.15 bits per heavy atom. The second kappa shape index (κ2) is 6.35. The van der Waals surface area contributed by atoms with Crippen LogP contribution in [0.15, 0.2) is 48.5 Å². The van der Waals surface area contributed by atoms with Crippen molar-refractivity contribution in [3.05, 3.63) is 59.7 Å². The molecule has 5 rings (SSSR count). The number of rotatable bonds is 2. The fourth-order valence-corrected chi connectivity index (χ4v) is 4.25. The third-order valence-electron chi connectivity index (χ3n) is 5.69. The third kappa shape index (κ3) is 2.75. The lowest BCUT2D eigenvalue weighted by Gasteiger charge is -2.31. The summed E-state index contributed by atoms with van der Waals surface area (Å²) < 4.78 is 0. The highest BCUT2D eigenvalue weighted by Crippen LogP contribution is 2.32. The van der Waals surface area contributed by atoms with Crippen LogP contribution in [0.1, 0.15) is 28.8 Å². The number of nitrogens with two attached hydrogens (primary N) is 1. The van der Waals surface area contributed by atoms with Crippen molar-refractivity contribution in [2.24, 2.45) is 0 Å². The fourth-order valence-electron chi connectivity index (χ4n) is 4.25. The van der Waals surface area contributed by atoms with E-state index in [0.29, 0.717) is 6.54 Å². The first-order valence-electron chi connectivity index (χ1n) is 9.51. The maximum Gasteiger partial charge on any atom is 0.254 e. The summed E-state index contributed by atoms with van der Waals surface area (Å²) in [4.78, 5) is 19.6. The van der Waals surface area contributed by atoms with Crippen LogP contribution in [-0.2, 0) is 6.54 Å². The molecule has 5 heteroatoms. The lowest BCUT2D eigenvalue weighted by atomic mass is 10.0. The average molecular weight is 358 g/mol. The van der Waals surface area contributed by atoms with Gasteiger partial charge in [0, 0.05) is 41.3 Å². The molecule has 2 aliphatic heterocycles. The van der Waals surface area contributed by atoms with Gasteiger partial charge in [0.15, 0.2) is 0 Å². The van der Waals surface area contributed by atoms with Crippen LogP contribution in [-0.4, -0.2) is 34.9 Å². The van der Waals surface area contributed by atoms with Crippen LogP contribution in [0.5, 0.6) is 0 Å². The standard InChI is InChI=1S/C22H22N4O/c23-19-11-21(25-20-6-2-1-5-18(19)20)14-7-8-17-15(10-14)13-26(22(17)27)16-4-3-9-24-12-16/h1-2,5-8,10-11,16,24H,3-4,9,12-13H2,(H2,23,25). The van der Waals surface area contributed by atoms with Crippen LogP contribution in [0, 0.1) is 0 Å². The Morgan fingerprint density at radius 3 is 2.89 bits per heavy atom. The van der Waals surface area contributed by atoms with E-state index >= 15 is 0 Å². The van der Waals surface area contributed by atoms with Gasteiger partial charge >= 0.3 is 0 Å². The zero-order valence-corrected chi connectivity index (χ0v) is 15.1. The number of pyridine rings is 1. The summed E-state index contributed by atoms with van der Waals surface area (Å²) in [5.74, 6) is 0.149. The number of nitrogens with zero attached hydrogens (tertiary/aromatic N) is 2. The van der Waals surface area contributed by atoms with Gasteiger partial charge in [0.05, 0.1) is 11.2 Å². The first-order valence-corrected chi connectivity index (χ1v) is 9.51. The smallest absolute Gasteiger partial charge is 0.254 e. The van der Waals surface area contributed by atoms with Gasteiger partial charge < -0.3 is 16.0 Å². The number of hydrogen-bond acceptors (Lipinski definition) is 4. The van der Waals surface area contributed by atoms with E-state index in [-0.39, 0.29) is 11.9 Å². The summed E-state index contributed by atoms with van der Waals surface area (Å²) in [7, 11) is 0. The molecule has 0 spiro atoms. The number of fused-ring (bicyclic) bond motifs is 2. The monoisotopic (exact) mass is 358 g/mol. The molecular weight excluding hydrogens is 336 g/mol. The molecule has 136 valence electrons. The number of nitrogen functional groups attached to an aromatic ring is 1. The number of amides is 1. The summed E-state index contributed by atoms with van der Waals surface area (Å²) >= 11 is 0. The van der Waals surface area contributed by atoms with Gasteiger partial charge in [-0.05, 0) is 49.2 Å². The predicted octanol–water partition coefficient (Wildman–Crippen LogP) is 3.19. The molecule has 1 unspecified atom stereocenters. The van der Waals surface area contributed by atoms with Gasteiger partial charge in [-0.3, -0.25) is 4.79 Å². The minimum atomic E-state index is 0.149. The van der Waals surface area contributed by atoms with Gasteiger partial charge in [0.1, 0.15) is 0 Å². The van der Waals surface area contributed by atoms with Crippen molar-refractivity contribution in [1.29, 1.82) is 0 Å². The number of anilines is 1. The molecule has 0 saturated carbocycles. The van der Waals surface area contributed by atoms with E-state index in [2.05, 4.69) is 11.4 Å². The topological polar surface area (TPSA) is 71.2 Å². The Morgan fingerprint density at radius 2 is 2.04 bits per heavy atom. The summed E-state index contributed by atoms with van der Waals surface area (Å²) in [6.45, 7) is 2.61. The maximum absolute atomic E-state index is 12.8. The molecule has 1 amide bonds. The van der Waals surface area contributed by atoms with Crippen molar-refractivity contribution >= 4 is 22.5 Å². The maximum atomic E-state index is 12.8. The normalized spacial score (nSPS) is 19.5. The Hall–Kier alpha value is -2.92. The quantitative estimate of drug-likeness (QED) is 0.738. The summed E-state index contributed by atoms with van der Waals surface area (Å²) in [6, 6.07) is 16.1. The first-order chi connectivity index (χ1) is 13.2. The lowest BCUT2D eigenvalue weighted by Crippen LogP contribution is -2.46. The van der Waals surface area contributed by atoms with Crippen molar-refractivity contribution in [3.8, 4) is 11.3 Å². The highest BCUT2D eigenvalue weighted by molar-refractivity contribution is 5.99. The second-order valence-electron chi connectivity index (χ2n) is 7.42. The van der Waals surface area contributed by atoms with E-state index in [1.807, 2.05) is 47.4 Å². The molecule has 1 atom stereocenters. The molecule has 1 aromatic heterocycles.